The molecule has 1 N–H and O–H groups in total. The molecule has 6 heteroatoms. The third kappa shape index (κ3) is 5.93. The van der Waals surface area contributed by atoms with Crippen molar-refractivity contribution in [1.82, 2.24) is 0 Å². The second-order valence-electron chi connectivity index (χ2n) is 5.04. The fourth-order valence-electron chi connectivity index (χ4n) is 1.89. The van der Waals surface area contributed by atoms with E-state index in [2.05, 4.69) is 5.32 Å². The van der Waals surface area contributed by atoms with E-state index >= 15 is 0 Å². The molecule has 0 saturated carbocycles. The number of hydrogen-bond acceptors (Lipinski definition) is 4. The average molecular weight is 348 g/mol. The molecule has 0 spiro atoms. The van der Waals surface area contributed by atoms with Gasteiger partial charge in [-0.05, 0) is 37.3 Å². The smallest absolute Gasteiger partial charge is 0.310 e. The molecule has 2 aromatic rings. The number of esters is 1. The Hall–Kier alpha value is -2.53. The van der Waals surface area contributed by atoms with Crippen molar-refractivity contribution >= 4 is 29.2 Å². The van der Waals surface area contributed by atoms with E-state index < -0.39 is 18.0 Å². The molecule has 0 bridgehead atoms. The summed E-state index contributed by atoms with van der Waals surface area (Å²) in [6.45, 7) is 1.70. The van der Waals surface area contributed by atoms with E-state index in [1.54, 1.807) is 36.4 Å². The van der Waals surface area contributed by atoms with Crippen LogP contribution in [0.2, 0.25) is 5.02 Å². The Labute approximate surface area is 145 Å². The molecule has 0 heterocycles. The van der Waals surface area contributed by atoms with Gasteiger partial charge in [0.05, 0.1) is 13.0 Å². The van der Waals surface area contributed by atoms with E-state index in [-0.39, 0.29) is 13.0 Å². The van der Waals surface area contributed by atoms with Gasteiger partial charge in [-0.15, -0.1) is 0 Å². The minimum Gasteiger partial charge on any atom is -0.493 e. The van der Waals surface area contributed by atoms with E-state index in [1.807, 2.05) is 18.2 Å². The number of para-hydroxylation sites is 1. The average Bonchev–Trinajstić information content (AvgIpc) is 2.55. The van der Waals surface area contributed by atoms with Crippen molar-refractivity contribution in [2.75, 3.05) is 11.9 Å². The summed E-state index contributed by atoms with van der Waals surface area (Å²) < 4.78 is 10.5. The number of anilines is 1. The van der Waals surface area contributed by atoms with Gasteiger partial charge < -0.3 is 14.8 Å². The van der Waals surface area contributed by atoms with Crippen molar-refractivity contribution in [3.8, 4) is 5.75 Å². The summed E-state index contributed by atoms with van der Waals surface area (Å²) in [6, 6.07) is 15.9. The third-order valence-corrected chi connectivity index (χ3v) is 3.32. The first kappa shape index (κ1) is 17.8. The maximum atomic E-state index is 12.0. The number of hydrogen-bond donors (Lipinski definition) is 1. The van der Waals surface area contributed by atoms with Gasteiger partial charge in [0.2, 0.25) is 0 Å². The lowest BCUT2D eigenvalue weighted by Gasteiger charge is -2.14. The van der Waals surface area contributed by atoms with E-state index in [9.17, 15) is 9.59 Å². The summed E-state index contributed by atoms with van der Waals surface area (Å²) >= 11 is 5.85. The first-order valence-electron chi connectivity index (χ1n) is 7.48. The monoisotopic (exact) mass is 347 g/mol. The maximum Gasteiger partial charge on any atom is 0.310 e. The summed E-state index contributed by atoms with van der Waals surface area (Å²) in [5.41, 5.74) is 0.544. The van der Waals surface area contributed by atoms with Crippen LogP contribution in [0.3, 0.4) is 0 Å². The van der Waals surface area contributed by atoms with Crippen molar-refractivity contribution < 1.29 is 19.1 Å². The van der Waals surface area contributed by atoms with Crippen LogP contribution >= 0.6 is 11.6 Å². The predicted octanol–water partition coefficient (Wildman–Crippen LogP) is 3.68. The number of amides is 1. The van der Waals surface area contributed by atoms with Gasteiger partial charge in [0.15, 0.2) is 6.10 Å². The first-order chi connectivity index (χ1) is 11.5. The van der Waals surface area contributed by atoms with Crippen LogP contribution in [0.4, 0.5) is 5.69 Å². The van der Waals surface area contributed by atoms with Crippen LogP contribution in [0.1, 0.15) is 13.3 Å². The molecular formula is C18H18ClNO4. The molecule has 126 valence electrons. The number of ether oxygens (including phenoxy) is 2. The van der Waals surface area contributed by atoms with E-state index in [0.29, 0.717) is 16.5 Å². The zero-order valence-electron chi connectivity index (χ0n) is 13.2. The van der Waals surface area contributed by atoms with Crippen LogP contribution in [-0.4, -0.2) is 24.6 Å². The van der Waals surface area contributed by atoms with Gasteiger partial charge in [-0.2, -0.15) is 0 Å². The molecule has 2 aromatic carbocycles. The number of carbonyl (C=O) groups excluding carboxylic acids is 2. The van der Waals surface area contributed by atoms with Gasteiger partial charge in [0, 0.05) is 10.7 Å². The van der Waals surface area contributed by atoms with Crippen molar-refractivity contribution in [3.63, 3.8) is 0 Å². The lowest BCUT2D eigenvalue weighted by molar-refractivity contribution is -0.153. The molecule has 0 saturated heterocycles. The second kappa shape index (κ2) is 8.93. The summed E-state index contributed by atoms with van der Waals surface area (Å²) in [6.07, 6.45) is -0.850. The molecule has 0 aliphatic rings. The fourth-order valence-corrected chi connectivity index (χ4v) is 2.08. The number of benzene rings is 2. The summed E-state index contributed by atoms with van der Waals surface area (Å²) in [4.78, 5) is 23.7. The normalized spacial score (nSPS) is 11.4. The predicted molar refractivity (Wildman–Crippen MR) is 92.2 cm³/mol. The highest BCUT2D eigenvalue weighted by Crippen LogP contribution is 2.15. The fraction of sp³-hybridized carbons (Fsp3) is 0.222. The molecule has 0 radical (unpaired) electrons. The van der Waals surface area contributed by atoms with Gasteiger partial charge in [0.25, 0.3) is 5.91 Å². The number of nitrogens with one attached hydrogen (secondary N) is 1. The maximum absolute atomic E-state index is 12.0. The van der Waals surface area contributed by atoms with Crippen LogP contribution in [0.5, 0.6) is 5.75 Å². The SMILES string of the molecule is C[C@H](OC(=O)CCOc1ccccc1)C(=O)Nc1cccc(Cl)c1. The largest absolute Gasteiger partial charge is 0.493 e. The van der Waals surface area contributed by atoms with Gasteiger partial charge in [0.1, 0.15) is 5.75 Å². The van der Waals surface area contributed by atoms with Crippen molar-refractivity contribution in [1.29, 1.82) is 0 Å². The molecule has 1 atom stereocenters. The molecule has 1 amide bonds. The Balaban J connectivity index is 1.73. The van der Waals surface area contributed by atoms with Gasteiger partial charge in [-0.1, -0.05) is 35.9 Å². The molecule has 5 nitrogen and oxygen atoms in total. The minimum absolute atomic E-state index is 0.0592. The zero-order valence-corrected chi connectivity index (χ0v) is 14.0. The molecule has 0 aromatic heterocycles. The minimum atomic E-state index is -0.909. The quantitative estimate of drug-likeness (QED) is 0.776. The number of carbonyl (C=O) groups is 2. The Morgan fingerprint density at radius 2 is 1.88 bits per heavy atom. The van der Waals surface area contributed by atoms with Crippen LogP contribution in [-0.2, 0) is 14.3 Å². The molecule has 0 fully saturated rings. The Bertz CT molecular complexity index is 690. The molecule has 0 unspecified atom stereocenters. The third-order valence-electron chi connectivity index (χ3n) is 3.09. The summed E-state index contributed by atoms with van der Waals surface area (Å²) in [7, 11) is 0. The molecule has 2 rings (SSSR count). The highest BCUT2D eigenvalue weighted by Gasteiger charge is 2.18. The Morgan fingerprint density at radius 1 is 1.12 bits per heavy atom. The topological polar surface area (TPSA) is 64.6 Å². The molecular weight excluding hydrogens is 330 g/mol. The molecule has 0 aliphatic heterocycles. The highest BCUT2D eigenvalue weighted by molar-refractivity contribution is 6.30. The Kier molecular flexibility index (Phi) is 6.63. The van der Waals surface area contributed by atoms with E-state index in [0.717, 1.165) is 0 Å². The van der Waals surface area contributed by atoms with Gasteiger partial charge in [-0.25, -0.2) is 0 Å². The standard InChI is InChI=1S/C18H18ClNO4/c1-13(18(22)20-15-7-5-6-14(19)12-15)24-17(21)10-11-23-16-8-3-2-4-9-16/h2-9,12-13H,10-11H2,1H3,(H,20,22)/t13-/m0/s1. The zero-order chi connectivity index (χ0) is 17.4. The van der Waals surface area contributed by atoms with Crippen LogP contribution < -0.4 is 10.1 Å². The van der Waals surface area contributed by atoms with Crippen molar-refractivity contribution in [2.45, 2.75) is 19.4 Å². The van der Waals surface area contributed by atoms with Crippen LogP contribution in [0, 0.1) is 0 Å². The Morgan fingerprint density at radius 3 is 2.58 bits per heavy atom. The van der Waals surface area contributed by atoms with Crippen molar-refractivity contribution in [3.05, 3.63) is 59.6 Å². The highest BCUT2D eigenvalue weighted by atomic mass is 35.5. The molecule has 24 heavy (non-hydrogen) atoms. The lowest BCUT2D eigenvalue weighted by atomic mass is 10.3. The lowest BCUT2D eigenvalue weighted by Crippen LogP contribution is -2.30. The van der Waals surface area contributed by atoms with Crippen molar-refractivity contribution in [2.24, 2.45) is 0 Å². The molecule has 0 aliphatic carbocycles. The summed E-state index contributed by atoms with van der Waals surface area (Å²) in [5.74, 6) is -0.244. The van der Waals surface area contributed by atoms with Crippen LogP contribution in [0.25, 0.3) is 0 Å². The van der Waals surface area contributed by atoms with E-state index in [4.69, 9.17) is 21.1 Å². The number of rotatable bonds is 7. The van der Waals surface area contributed by atoms with E-state index in [1.165, 1.54) is 6.92 Å². The van der Waals surface area contributed by atoms with Gasteiger partial charge >= 0.3 is 5.97 Å². The number of halogens is 1. The first-order valence-corrected chi connectivity index (χ1v) is 7.86. The van der Waals surface area contributed by atoms with Crippen LogP contribution in [0.15, 0.2) is 54.6 Å². The summed E-state index contributed by atoms with van der Waals surface area (Å²) in [5, 5.41) is 3.15. The second-order valence-corrected chi connectivity index (χ2v) is 5.48. The van der Waals surface area contributed by atoms with Gasteiger partial charge in [-0.3, -0.25) is 9.59 Å².